The van der Waals surface area contributed by atoms with Gasteiger partial charge in [0.05, 0.1) is 55.9 Å². The van der Waals surface area contributed by atoms with Crippen molar-refractivity contribution in [2.75, 3.05) is 0 Å². The number of hydrogen-bond donors (Lipinski definition) is 0. The van der Waals surface area contributed by atoms with Crippen LogP contribution < -0.4 is 0 Å². The molecule has 0 saturated heterocycles. The maximum absolute atomic E-state index is 5.37. The molecule has 0 N–H and O–H groups in total. The Kier molecular flexibility index (Phi) is 7.40. The Morgan fingerprint density at radius 2 is 0.712 bits per heavy atom. The molecular weight excluding hydrogens is 723 g/mol. The fraction of sp³-hybridized carbons (Fsp3) is 0. The van der Waals surface area contributed by atoms with Crippen LogP contribution in [-0.2, 0) is 0 Å². The highest BCUT2D eigenvalue weighted by molar-refractivity contribution is 6.10. The molecule has 6 heterocycles. The van der Waals surface area contributed by atoms with Crippen LogP contribution in [0.4, 0.5) is 0 Å². The Hall–Kier alpha value is -8.16. The van der Waals surface area contributed by atoms with Crippen molar-refractivity contribution in [1.82, 2.24) is 33.6 Å². The van der Waals surface area contributed by atoms with Crippen LogP contribution in [0.5, 0.6) is 0 Å². The van der Waals surface area contributed by atoms with E-state index in [-0.39, 0.29) is 0 Å². The molecule has 12 rings (SSSR count). The summed E-state index contributed by atoms with van der Waals surface area (Å²) in [6.07, 6.45) is 0. The van der Waals surface area contributed by atoms with Gasteiger partial charge in [0.25, 0.3) is 0 Å². The first kappa shape index (κ1) is 33.0. The number of nitrogens with zero attached hydrogens (tertiary/aromatic N) is 7. The van der Waals surface area contributed by atoms with E-state index in [1.165, 1.54) is 21.5 Å². The minimum Gasteiger partial charge on any atom is -0.294 e. The van der Waals surface area contributed by atoms with Gasteiger partial charge in [-0.15, -0.1) is 0 Å². The van der Waals surface area contributed by atoms with E-state index in [1.54, 1.807) is 0 Å². The number of aromatic nitrogens is 7. The smallest absolute Gasteiger partial charge is 0.145 e. The second-order valence-electron chi connectivity index (χ2n) is 14.7. The molecule has 6 aromatic carbocycles. The molecule has 0 unspecified atom stereocenters. The van der Waals surface area contributed by atoms with Gasteiger partial charge in [0.15, 0.2) is 0 Å². The second kappa shape index (κ2) is 13.2. The fourth-order valence-corrected chi connectivity index (χ4v) is 8.70. The molecule has 0 aliphatic rings. The van der Waals surface area contributed by atoms with E-state index in [9.17, 15) is 0 Å². The summed E-state index contributed by atoms with van der Waals surface area (Å²) in [5.41, 5.74) is 11.2. The summed E-state index contributed by atoms with van der Waals surface area (Å²) in [7, 11) is 0. The molecule has 0 aliphatic heterocycles. The Bertz CT molecular complexity index is 3290. The highest BCUT2D eigenvalue weighted by Crippen LogP contribution is 2.36. The standard InChI is InChI=1S/C52H33N7/c1-2-16-35(17-3-1)57-49-29-13-8-22-42(49)56-52(57)34-32-43(40-23-14-30-50(54-40)58-45-25-9-4-18-36(45)37-19-5-10-26-46(37)58)53-44(33-34)41-24-15-31-51(55-41)59-47-27-11-6-20-38(47)39-21-7-12-28-48(39)59/h1-33H. The quantitative estimate of drug-likeness (QED) is 0.169. The van der Waals surface area contributed by atoms with Crippen LogP contribution in [0.2, 0.25) is 0 Å². The summed E-state index contributed by atoms with van der Waals surface area (Å²) < 4.78 is 6.71. The van der Waals surface area contributed by atoms with Gasteiger partial charge in [-0.3, -0.25) is 13.7 Å². The summed E-state index contributed by atoms with van der Waals surface area (Å²) >= 11 is 0. The number of hydrogen-bond acceptors (Lipinski definition) is 4. The molecule has 0 spiro atoms. The minimum atomic E-state index is 0.718. The number of imidazole rings is 1. The van der Waals surface area contributed by atoms with Gasteiger partial charge in [0.1, 0.15) is 17.5 Å². The average Bonchev–Trinajstić information content (AvgIpc) is 3.98. The predicted octanol–water partition coefficient (Wildman–Crippen LogP) is 12.4. The topological polar surface area (TPSA) is 66.3 Å². The highest BCUT2D eigenvalue weighted by Gasteiger charge is 2.20. The van der Waals surface area contributed by atoms with Gasteiger partial charge in [-0.1, -0.05) is 115 Å². The lowest BCUT2D eigenvalue weighted by molar-refractivity contribution is 1.07. The summed E-state index contributed by atoms with van der Waals surface area (Å²) in [5.74, 6) is 2.44. The van der Waals surface area contributed by atoms with Crippen LogP contribution in [0.3, 0.4) is 0 Å². The van der Waals surface area contributed by atoms with E-state index in [0.717, 1.165) is 84.6 Å². The molecule has 0 fully saturated rings. The summed E-state index contributed by atoms with van der Waals surface area (Å²) in [5, 5.41) is 4.75. The monoisotopic (exact) mass is 755 g/mol. The van der Waals surface area contributed by atoms with E-state index in [2.05, 4.69) is 190 Å². The van der Waals surface area contributed by atoms with Crippen molar-refractivity contribution in [3.8, 4) is 51.5 Å². The predicted molar refractivity (Wildman–Crippen MR) is 239 cm³/mol. The van der Waals surface area contributed by atoms with E-state index < -0.39 is 0 Å². The van der Waals surface area contributed by atoms with Gasteiger partial charge in [0.2, 0.25) is 0 Å². The van der Waals surface area contributed by atoms with E-state index in [4.69, 9.17) is 19.9 Å². The lowest BCUT2D eigenvalue weighted by atomic mass is 10.1. The molecule has 6 aromatic heterocycles. The van der Waals surface area contributed by atoms with Crippen molar-refractivity contribution in [2.45, 2.75) is 0 Å². The van der Waals surface area contributed by atoms with Crippen LogP contribution in [0.25, 0.3) is 106 Å². The second-order valence-corrected chi connectivity index (χ2v) is 14.7. The Morgan fingerprint density at radius 1 is 0.288 bits per heavy atom. The zero-order chi connectivity index (χ0) is 38.9. The van der Waals surface area contributed by atoms with Crippen LogP contribution in [0, 0.1) is 0 Å². The Morgan fingerprint density at radius 3 is 1.20 bits per heavy atom. The number of rotatable bonds is 6. The van der Waals surface area contributed by atoms with Gasteiger partial charge in [0, 0.05) is 32.8 Å². The van der Waals surface area contributed by atoms with Gasteiger partial charge in [-0.25, -0.2) is 19.9 Å². The van der Waals surface area contributed by atoms with E-state index >= 15 is 0 Å². The third-order valence-corrected chi connectivity index (χ3v) is 11.3. The molecule has 59 heavy (non-hydrogen) atoms. The van der Waals surface area contributed by atoms with Gasteiger partial charge >= 0.3 is 0 Å². The molecule has 0 bridgehead atoms. The van der Waals surface area contributed by atoms with Gasteiger partial charge in [-0.05, 0) is 84.9 Å². The number of pyridine rings is 3. The fourth-order valence-electron chi connectivity index (χ4n) is 8.70. The SMILES string of the molecule is c1ccc(-n2c(-c3cc(-c4cccc(-n5c6ccccc6c6ccccc65)n4)nc(-c4cccc(-n5c6ccccc6c6ccccc65)n4)c3)nc3ccccc32)cc1. The molecule has 12 aromatic rings. The number of benzene rings is 6. The zero-order valence-corrected chi connectivity index (χ0v) is 31.7. The molecule has 0 amide bonds. The summed E-state index contributed by atoms with van der Waals surface area (Å²) in [4.78, 5) is 21.3. The minimum absolute atomic E-state index is 0.718. The van der Waals surface area contributed by atoms with Crippen molar-refractivity contribution in [2.24, 2.45) is 0 Å². The molecule has 0 aliphatic carbocycles. The maximum Gasteiger partial charge on any atom is 0.145 e. The van der Waals surface area contributed by atoms with E-state index in [0.29, 0.717) is 0 Å². The van der Waals surface area contributed by atoms with Crippen LogP contribution in [0.15, 0.2) is 200 Å². The van der Waals surface area contributed by atoms with Gasteiger partial charge < -0.3 is 0 Å². The van der Waals surface area contributed by atoms with Gasteiger partial charge in [-0.2, -0.15) is 0 Å². The first-order valence-corrected chi connectivity index (χ1v) is 19.7. The normalized spacial score (nSPS) is 11.7. The Balaban J connectivity index is 1.09. The third-order valence-electron chi connectivity index (χ3n) is 11.3. The third kappa shape index (κ3) is 5.29. The van der Waals surface area contributed by atoms with Crippen LogP contribution in [0.1, 0.15) is 0 Å². The number of para-hydroxylation sites is 7. The molecule has 0 radical (unpaired) electrons. The maximum atomic E-state index is 5.37. The largest absolute Gasteiger partial charge is 0.294 e. The van der Waals surface area contributed by atoms with Crippen molar-refractivity contribution >= 4 is 54.6 Å². The molecule has 7 nitrogen and oxygen atoms in total. The van der Waals surface area contributed by atoms with Crippen molar-refractivity contribution in [3.05, 3.63) is 200 Å². The number of fused-ring (bicyclic) bond motifs is 7. The molecule has 0 atom stereocenters. The summed E-state index contributed by atoms with van der Waals surface area (Å²) in [6, 6.07) is 69.3. The first-order valence-electron chi connectivity index (χ1n) is 19.7. The zero-order valence-electron chi connectivity index (χ0n) is 31.7. The molecule has 7 heteroatoms. The summed E-state index contributed by atoms with van der Waals surface area (Å²) in [6.45, 7) is 0. The molecule has 0 saturated carbocycles. The lowest BCUT2D eigenvalue weighted by Crippen LogP contribution is -2.02. The van der Waals surface area contributed by atoms with E-state index in [1.807, 2.05) is 24.3 Å². The Labute approximate surface area is 338 Å². The van der Waals surface area contributed by atoms with Crippen LogP contribution in [-0.4, -0.2) is 33.6 Å². The molecular formula is C52H33N7. The average molecular weight is 756 g/mol. The molecule has 276 valence electrons. The van der Waals surface area contributed by atoms with Crippen molar-refractivity contribution in [1.29, 1.82) is 0 Å². The van der Waals surface area contributed by atoms with Crippen LogP contribution >= 0.6 is 0 Å². The van der Waals surface area contributed by atoms with Crippen molar-refractivity contribution < 1.29 is 0 Å². The first-order chi connectivity index (χ1) is 29.3. The highest BCUT2D eigenvalue weighted by atomic mass is 15.1. The lowest BCUT2D eigenvalue weighted by Gasteiger charge is -2.14. The van der Waals surface area contributed by atoms with Crippen molar-refractivity contribution in [3.63, 3.8) is 0 Å².